The molecule has 1 heterocycles. The van der Waals surface area contributed by atoms with Gasteiger partial charge in [0.2, 0.25) is 0 Å². The van der Waals surface area contributed by atoms with Crippen molar-refractivity contribution in [1.29, 1.82) is 0 Å². The highest BCUT2D eigenvalue weighted by atomic mass is 79.9. The number of thioether (sulfide) groups is 1. The van der Waals surface area contributed by atoms with Gasteiger partial charge in [0, 0.05) is 5.75 Å². The Labute approximate surface area is 112 Å². The number of benzene rings is 1. The molecule has 2 aromatic rings. The van der Waals surface area contributed by atoms with E-state index in [9.17, 15) is 0 Å². The van der Waals surface area contributed by atoms with Crippen LogP contribution in [-0.2, 0) is 5.75 Å². The highest BCUT2D eigenvalue weighted by Gasteiger charge is 2.07. The van der Waals surface area contributed by atoms with Gasteiger partial charge in [0.1, 0.15) is 16.5 Å². The molecule has 0 atom stereocenters. The lowest BCUT2D eigenvalue weighted by molar-refractivity contribution is 1.02. The second-order valence-electron chi connectivity index (χ2n) is 3.06. The van der Waals surface area contributed by atoms with E-state index in [0.29, 0.717) is 5.15 Å². The zero-order valence-corrected chi connectivity index (χ0v) is 11.4. The second-order valence-corrected chi connectivity index (χ2v) is 5.17. The van der Waals surface area contributed by atoms with Gasteiger partial charge in [0.05, 0.1) is 4.47 Å². The van der Waals surface area contributed by atoms with Gasteiger partial charge in [-0.3, -0.25) is 0 Å². The van der Waals surface area contributed by atoms with Crippen LogP contribution in [-0.4, -0.2) is 9.97 Å². The van der Waals surface area contributed by atoms with Gasteiger partial charge in [-0.15, -0.1) is 11.8 Å². The summed E-state index contributed by atoms with van der Waals surface area (Å²) in [4.78, 5) is 8.06. The minimum absolute atomic E-state index is 0.450. The average Bonchev–Trinajstić information content (AvgIpc) is 2.32. The van der Waals surface area contributed by atoms with E-state index in [0.717, 1.165) is 15.3 Å². The molecular formula is C11H8BrClN2S. The third kappa shape index (κ3) is 2.97. The quantitative estimate of drug-likeness (QED) is 0.627. The highest BCUT2D eigenvalue weighted by molar-refractivity contribution is 9.10. The zero-order chi connectivity index (χ0) is 11.4. The summed E-state index contributed by atoms with van der Waals surface area (Å²) in [6.45, 7) is 0. The molecule has 2 nitrogen and oxygen atoms in total. The van der Waals surface area contributed by atoms with Gasteiger partial charge >= 0.3 is 0 Å². The first-order valence-electron chi connectivity index (χ1n) is 4.60. The van der Waals surface area contributed by atoms with Crippen molar-refractivity contribution >= 4 is 39.3 Å². The third-order valence-electron chi connectivity index (χ3n) is 1.93. The Balaban J connectivity index is 2.08. The van der Waals surface area contributed by atoms with Crippen LogP contribution in [0.15, 0.2) is 46.2 Å². The van der Waals surface area contributed by atoms with Crippen LogP contribution in [0, 0.1) is 0 Å². The van der Waals surface area contributed by atoms with Gasteiger partial charge in [-0.05, 0) is 21.5 Å². The summed E-state index contributed by atoms with van der Waals surface area (Å²) in [6.07, 6.45) is 1.47. The van der Waals surface area contributed by atoms with E-state index in [1.54, 1.807) is 11.8 Å². The molecule has 5 heteroatoms. The molecule has 0 aliphatic rings. The van der Waals surface area contributed by atoms with Crippen LogP contribution in [0.25, 0.3) is 0 Å². The van der Waals surface area contributed by atoms with Crippen molar-refractivity contribution in [2.75, 3.05) is 0 Å². The molecule has 1 aromatic heterocycles. The average molecular weight is 316 g/mol. The fourth-order valence-corrected chi connectivity index (χ4v) is 2.74. The molecule has 16 heavy (non-hydrogen) atoms. The Morgan fingerprint density at radius 3 is 2.69 bits per heavy atom. The normalized spacial score (nSPS) is 10.4. The molecule has 0 aliphatic heterocycles. The largest absolute Gasteiger partial charge is 0.229 e. The molecule has 0 bridgehead atoms. The van der Waals surface area contributed by atoms with E-state index < -0.39 is 0 Å². The lowest BCUT2D eigenvalue weighted by Gasteiger charge is -2.03. The van der Waals surface area contributed by atoms with E-state index in [1.807, 2.05) is 18.2 Å². The fourth-order valence-electron chi connectivity index (χ4n) is 1.16. The summed E-state index contributed by atoms with van der Waals surface area (Å²) < 4.78 is 0.762. The van der Waals surface area contributed by atoms with Crippen LogP contribution in [0.3, 0.4) is 0 Å². The van der Waals surface area contributed by atoms with Crippen molar-refractivity contribution in [3.05, 3.63) is 51.8 Å². The number of halogens is 2. The molecule has 0 N–H and O–H groups in total. The Bertz CT molecular complexity index is 479. The van der Waals surface area contributed by atoms with Crippen molar-refractivity contribution in [2.24, 2.45) is 0 Å². The molecule has 82 valence electrons. The van der Waals surface area contributed by atoms with Crippen molar-refractivity contribution in [3.8, 4) is 0 Å². The topological polar surface area (TPSA) is 25.8 Å². The summed E-state index contributed by atoms with van der Waals surface area (Å²) in [5.41, 5.74) is 1.26. The van der Waals surface area contributed by atoms with Crippen LogP contribution in [0.4, 0.5) is 0 Å². The summed E-state index contributed by atoms with van der Waals surface area (Å²) in [5, 5.41) is 1.31. The van der Waals surface area contributed by atoms with Crippen LogP contribution < -0.4 is 0 Å². The number of rotatable bonds is 3. The first-order chi connectivity index (χ1) is 7.77. The van der Waals surface area contributed by atoms with Crippen LogP contribution in [0.1, 0.15) is 5.56 Å². The van der Waals surface area contributed by atoms with Gasteiger partial charge in [-0.2, -0.15) is 0 Å². The van der Waals surface area contributed by atoms with E-state index in [4.69, 9.17) is 11.6 Å². The SMILES string of the molecule is Clc1ncnc(SCc2ccccc2)c1Br. The Morgan fingerprint density at radius 1 is 1.19 bits per heavy atom. The number of hydrogen-bond donors (Lipinski definition) is 0. The molecule has 0 saturated heterocycles. The Hall–Kier alpha value is -0.580. The lowest BCUT2D eigenvalue weighted by Crippen LogP contribution is -1.87. The van der Waals surface area contributed by atoms with Gasteiger partial charge in [0.15, 0.2) is 0 Å². The number of hydrogen-bond acceptors (Lipinski definition) is 3. The minimum atomic E-state index is 0.450. The van der Waals surface area contributed by atoms with Crippen molar-refractivity contribution in [1.82, 2.24) is 9.97 Å². The number of aromatic nitrogens is 2. The maximum Gasteiger partial charge on any atom is 0.147 e. The highest BCUT2D eigenvalue weighted by Crippen LogP contribution is 2.31. The predicted molar refractivity (Wildman–Crippen MR) is 70.7 cm³/mol. The molecular weight excluding hydrogens is 308 g/mol. The molecule has 2 rings (SSSR count). The van der Waals surface area contributed by atoms with Crippen molar-refractivity contribution < 1.29 is 0 Å². The zero-order valence-electron chi connectivity index (χ0n) is 8.23. The molecule has 0 radical (unpaired) electrons. The standard InChI is InChI=1S/C11H8BrClN2S/c12-9-10(13)14-7-15-11(9)16-6-8-4-2-1-3-5-8/h1-5,7H,6H2. The van der Waals surface area contributed by atoms with E-state index in [1.165, 1.54) is 11.9 Å². The summed E-state index contributed by atoms with van der Waals surface area (Å²) in [7, 11) is 0. The molecule has 0 unspecified atom stereocenters. The smallest absolute Gasteiger partial charge is 0.147 e. The van der Waals surface area contributed by atoms with Crippen LogP contribution in [0.2, 0.25) is 5.15 Å². The van der Waals surface area contributed by atoms with Crippen molar-refractivity contribution in [2.45, 2.75) is 10.8 Å². The Kier molecular flexibility index (Phi) is 4.21. The summed E-state index contributed by atoms with van der Waals surface area (Å²) in [6, 6.07) is 10.2. The summed E-state index contributed by atoms with van der Waals surface area (Å²) >= 11 is 10.9. The first kappa shape index (κ1) is 11.9. The molecule has 0 saturated carbocycles. The fraction of sp³-hybridized carbons (Fsp3) is 0.0909. The van der Waals surface area contributed by atoms with Gasteiger partial charge in [0.25, 0.3) is 0 Å². The molecule has 0 amide bonds. The van der Waals surface area contributed by atoms with Gasteiger partial charge in [-0.1, -0.05) is 41.9 Å². The minimum Gasteiger partial charge on any atom is -0.229 e. The monoisotopic (exact) mass is 314 g/mol. The second kappa shape index (κ2) is 5.66. The lowest BCUT2D eigenvalue weighted by atomic mass is 10.2. The predicted octanol–water partition coefficient (Wildman–Crippen LogP) is 4.18. The number of nitrogens with zero attached hydrogens (tertiary/aromatic N) is 2. The van der Waals surface area contributed by atoms with Crippen LogP contribution in [0.5, 0.6) is 0 Å². The van der Waals surface area contributed by atoms with E-state index in [-0.39, 0.29) is 0 Å². The van der Waals surface area contributed by atoms with Gasteiger partial charge < -0.3 is 0 Å². The van der Waals surface area contributed by atoms with E-state index in [2.05, 4.69) is 38.0 Å². The first-order valence-corrected chi connectivity index (χ1v) is 6.76. The Morgan fingerprint density at radius 2 is 1.94 bits per heavy atom. The molecule has 1 aromatic carbocycles. The van der Waals surface area contributed by atoms with Crippen LogP contribution >= 0.6 is 39.3 Å². The van der Waals surface area contributed by atoms with E-state index >= 15 is 0 Å². The maximum atomic E-state index is 5.88. The maximum absolute atomic E-state index is 5.88. The third-order valence-corrected chi connectivity index (χ3v) is 4.52. The van der Waals surface area contributed by atoms with Gasteiger partial charge in [-0.25, -0.2) is 9.97 Å². The van der Waals surface area contributed by atoms with Crippen molar-refractivity contribution in [3.63, 3.8) is 0 Å². The molecule has 0 spiro atoms. The summed E-state index contributed by atoms with van der Waals surface area (Å²) in [5.74, 6) is 0.868. The molecule has 0 fully saturated rings. The molecule has 0 aliphatic carbocycles.